The molecule has 0 unspecified atom stereocenters. The van der Waals surface area contributed by atoms with E-state index in [0.29, 0.717) is 35.7 Å². The average Bonchev–Trinajstić information content (AvgIpc) is 3.29. The zero-order valence-corrected chi connectivity index (χ0v) is 20.7. The summed E-state index contributed by atoms with van der Waals surface area (Å²) < 4.78 is 7.14. The highest BCUT2D eigenvalue weighted by Gasteiger charge is 2.19. The number of benzene rings is 3. The van der Waals surface area contributed by atoms with Gasteiger partial charge in [-0.25, -0.2) is 0 Å². The summed E-state index contributed by atoms with van der Waals surface area (Å²) in [6.07, 6.45) is 2.06. The molecule has 0 fully saturated rings. The molecule has 7 nitrogen and oxygen atoms in total. The highest BCUT2D eigenvalue weighted by atomic mass is 16.5. The summed E-state index contributed by atoms with van der Waals surface area (Å²) in [5.41, 5.74) is 4.42. The molecular weight excluding hydrogens is 452 g/mol. The molecule has 184 valence electrons. The van der Waals surface area contributed by atoms with Crippen molar-refractivity contribution >= 4 is 17.5 Å². The fourth-order valence-corrected chi connectivity index (χ4v) is 3.89. The van der Waals surface area contributed by atoms with Crippen LogP contribution in [0.15, 0.2) is 85.1 Å². The van der Waals surface area contributed by atoms with E-state index in [-0.39, 0.29) is 17.9 Å². The number of anilines is 1. The second-order valence-electron chi connectivity index (χ2n) is 8.86. The van der Waals surface area contributed by atoms with Crippen LogP contribution < -0.4 is 15.4 Å². The van der Waals surface area contributed by atoms with Crippen molar-refractivity contribution in [1.82, 2.24) is 15.1 Å². The maximum absolute atomic E-state index is 13.4. The lowest BCUT2D eigenvalue weighted by Gasteiger charge is -2.09. The molecule has 7 heteroatoms. The van der Waals surface area contributed by atoms with Crippen LogP contribution in [-0.4, -0.2) is 34.7 Å². The second-order valence-corrected chi connectivity index (χ2v) is 8.86. The lowest BCUT2D eigenvalue weighted by molar-refractivity contribution is -0.120. The summed E-state index contributed by atoms with van der Waals surface area (Å²) in [6, 6.07) is 24.9. The Morgan fingerprint density at radius 3 is 2.39 bits per heavy atom. The Kier molecular flexibility index (Phi) is 7.80. The van der Waals surface area contributed by atoms with E-state index in [1.807, 2.05) is 80.6 Å². The van der Waals surface area contributed by atoms with Crippen LogP contribution in [0.4, 0.5) is 5.69 Å². The van der Waals surface area contributed by atoms with Gasteiger partial charge in [-0.05, 0) is 49.2 Å². The first kappa shape index (κ1) is 24.7. The molecule has 0 atom stereocenters. The maximum Gasteiger partial charge on any atom is 0.259 e. The molecule has 36 heavy (non-hydrogen) atoms. The maximum atomic E-state index is 13.4. The van der Waals surface area contributed by atoms with Gasteiger partial charge >= 0.3 is 0 Å². The third-order valence-electron chi connectivity index (χ3n) is 5.56. The third kappa shape index (κ3) is 6.39. The minimum Gasteiger partial charge on any atom is -0.497 e. The van der Waals surface area contributed by atoms with Crippen LogP contribution in [0.1, 0.15) is 35.3 Å². The molecular formula is C29H30N4O3. The first-order valence-electron chi connectivity index (χ1n) is 11.9. The van der Waals surface area contributed by atoms with E-state index in [1.165, 1.54) is 0 Å². The highest BCUT2D eigenvalue weighted by Crippen LogP contribution is 2.27. The number of nitrogens with zero attached hydrogens (tertiary/aromatic N) is 2. The van der Waals surface area contributed by atoms with Crippen molar-refractivity contribution in [3.63, 3.8) is 0 Å². The van der Waals surface area contributed by atoms with Gasteiger partial charge in [-0.3, -0.25) is 14.3 Å². The standard InChI is InChI=1S/C29H30N4O3/c1-20(2)30-27(34)16-21-12-14-24(15-13-21)31-29(35)26-19-33(18-22-8-5-4-6-9-22)32-28(26)23-10-7-11-25(17-23)36-3/h4-15,17,19-20H,16,18H2,1-3H3,(H,30,34)(H,31,35). The predicted octanol–water partition coefficient (Wildman–Crippen LogP) is 4.93. The molecule has 0 radical (unpaired) electrons. The number of rotatable bonds is 9. The Hall–Kier alpha value is -4.39. The number of ether oxygens (including phenoxy) is 1. The SMILES string of the molecule is COc1cccc(-c2nn(Cc3ccccc3)cc2C(=O)Nc2ccc(CC(=O)NC(C)C)cc2)c1. The Bertz CT molecular complexity index is 1330. The van der Waals surface area contributed by atoms with Crippen LogP contribution in [-0.2, 0) is 17.8 Å². The van der Waals surface area contributed by atoms with Crippen LogP contribution in [0.25, 0.3) is 11.3 Å². The zero-order chi connectivity index (χ0) is 25.5. The van der Waals surface area contributed by atoms with Crippen LogP contribution in [0, 0.1) is 0 Å². The van der Waals surface area contributed by atoms with Crippen LogP contribution in [0.3, 0.4) is 0 Å². The molecule has 4 aromatic rings. The molecule has 2 amide bonds. The van der Waals surface area contributed by atoms with Crippen molar-refractivity contribution in [1.29, 1.82) is 0 Å². The molecule has 1 aromatic heterocycles. The van der Waals surface area contributed by atoms with E-state index in [0.717, 1.165) is 16.7 Å². The van der Waals surface area contributed by atoms with E-state index in [2.05, 4.69) is 10.6 Å². The molecule has 0 aliphatic rings. The van der Waals surface area contributed by atoms with E-state index in [9.17, 15) is 9.59 Å². The molecule has 1 heterocycles. The summed E-state index contributed by atoms with van der Waals surface area (Å²) in [6.45, 7) is 4.40. The smallest absolute Gasteiger partial charge is 0.259 e. The third-order valence-corrected chi connectivity index (χ3v) is 5.56. The molecule has 0 aliphatic carbocycles. The van der Waals surface area contributed by atoms with Crippen molar-refractivity contribution in [2.75, 3.05) is 12.4 Å². The molecule has 0 saturated carbocycles. The van der Waals surface area contributed by atoms with Crippen LogP contribution in [0.2, 0.25) is 0 Å². The fourth-order valence-electron chi connectivity index (χ4n) is 3.89. The first-order valence-corrected chi connectivity index (χ1v) is 11.9. The Balaban J connectivity index is 1.57. The van der Waals surface area contributed by atoms with Gasteiger partial charge in [0.05, 0.1) is 25.6 Å². The van der Waals surface area contributed by atoms with Gasteiger partial charge in [-0.1, -0.05) is 54.6 Å². The summed E-state index contributed by atoms with van der Waals surface area (Å²) in [5, 5.41) is 10.6. The summed E-state index contributed by atoms with van der Waals surface area (Å²) >= 11 is 0. The van der Waals surface area contributed by atoms with Crippen molar-refractivity contribution in [2.24, 2.45) is 0 Å². The lowest BCUT2D eigenvalue weighted by Crippen LogP contribution is -2.31. The Morgan fingerprint density at radius 2 is 1.69 bits per heavy atom. The first-order chi connectivity index (χ1) is 17.4. The van der Waals surface area contributed by atoms with E-state index in [1.54, 1.807) is 30.1 Å². The molecule has 2 N–H and O–H groups in total. The molecule has 0 bridgehead atoms. The van der Waals surface area contributed by atoms with Crippen molar-refractivity contribution < 1.29 is 14.3 Å². The highest BCUT2D eigenvalue weighted by molar-refractivity contribution is 6.08. The molecule has 0 saturated heterocycles. The number of aromatic nitrogens is 2. The number of hydrogen-bond acceptors (Lipinski definition) is 4. The van der Waals surface area contributed by atoms with Crippen LogP contribution >= 0.6 is 0 Å². The molecule has 0 spiro atoms. The van der Waals surface area contributed by atoms with Gasteiger partial charge in [0.2, 0.25) is 5.91 Å². The van der Waals surface area contributed by atoms with E-state index < -0.39 is 0 Å². The number of hydrogen-bond donors (Lipinski definition) is 2. The zero-order valence-electron chi connectivity index (χ0n) is 20.7. The number of carbonyl (C=O) groups excluding carboxylic acids is 2. The number of nitrogens with one attached hydrogen (secondary N) is 2. The minimum atomic E-state index is -0.266. The van der Waals surface area contributed by atoms with E-state index >= 15 is 0 Å². The number of methoxy groups -OCH3 is 1. The van der Waals surface area contributed by atoms with Crippen LogP contribution in [0.5, 0.6) is 5.75 Å². The monoisotopic (exact) mass is 482 g/mol. The summed E-state index contributed by atoms with van der Waals surface area (Å²) in [7, 11) is 1.61. The number of carbonyl (C=O) groups is 2. The van der Waals surface area contributed by atoms with Crippen molar-refractivity contribution in [2.45, 2.75) is 32.9 Å². The van der Waals surface area contributed by atoms with Gasteiger partial charge in [0.25, 0.3) is 5.91 Å². The van der Waals surface area contributed by atoms with Gasteiger partial charge in [-0.2, -0.15) is 5.10 Å². The van der Waals surface area contributed by atoms with Gasteiger partial charge in [0.1, 0.15) is 11.4 Å². The summed E-state index contributed by atoms with van der Waals surface area (Å²) in [4.78, 5) is 25.4. The Morgan fingerprint density at radius 1 is 0.944 bits per heavy atom. The fraction of sp³-hybridized carbons (Fsp3) is 0.207. The molecule has 3 aromatic carbocycles. The van der Waals surface area contributed by atoms with Crippen molar-refractivity contribution in [3.8, 4) is 17.0 Å². The minimum absolute atomic E-state index is 0.0319. The lowest BCUT2D eigenvalue weighted by atomic mass is 10.1. The van der Waals surface area contributed by atoms with E-state index in [4.69, 9.17) is 9.84 Å². The quantitative estimate of drug-likeness (QED) is 0.354. The van der Waals surface area contributed by atoms with Gasteiger partial charge in [-0.15, -0.1) is 0 Å². The van der Waals surface area contributed by atoms with Gasteiger partial charge in [0.15, 0.2) is 0 Å². The number of amides is 2. The topological polar surface area (TPSA) is 85.2 Å². The largest absolute Gasteiger partial charge is 0.497 e. The molecule has 0 aliphatic heterocycles. The van der Waals surface area contributed by atoms with Gasteiger partial charge in [0, 0.05) is 23.5 Å². The Labute approximate surface area is 211 Å². The van der Waals surface area contributed by atoms with Gasteiger partial charge < -0.3 is 15.4 Å². The summed E-state index contributed by atoms with van der Waals surface area (Å²) in [5.74, 6) is 0.390. The average molecular weight is 483 g/mol. The van der Waals surface area contributed by atoms with Crippen molar-refractivity contribution in [3.05, 3.63) is 102 Å². The normalized spacial score (nSPS) is 10.8. The second kappa shape index (κ2) is 11.4. The predicted molar refractivity (Wildman–Crippen MR) is 141 cm³/mol. The molecule has 4 rings (SSSR count).